The van der Waals surface area contributed by atoms with Crippen molar-refractivity contribution in [3.05, 3.63) is 52.0 Å². The third kappa shape index (κ3) is 3.65. The third-order valence-electron chi connectivity index (χ3n) is 2.69. The molecule has 0 fully saturated rings. The van der Waals surface area contributed by atoms with E-state index in [2.05, 4.69) is 41.5 Å². The molecule has 0 bridgehead atoms. The van der Waals surface area contributed by atoms with Gasteiger partial charge in [0.2, 0.25) is 0 Å². The summed E-state index contributed by atoms with van der Waals surface area (Å²) in [4.78, 5) is 4.35. The summed E-state index contributed by atoms with van der Waals surface area (Å²) in [5, 5.41) is 6.68. The van der Waals surface area contributed by atoms with Gasteiger partial charge in [0, 0.05) is 24.5 Å². The predicted molar refractivity (Wildman–Crippen MR) is 73.4 cm³/mol. The van der Waals surface area contributed by atoms with Crippen molar-refractivity contribution in [2.45, 2.75) is 26.3 Å². The molecule has 90 valence electrons. The summed E-state index contributed by atoms with van der Waals surface area (Å²) in [7, 11) is 0. The molecule has 2 rings (SSSR count). The molecule has 0 unspecified atom stereocenters. The Morgan fingerprint density at radius 3 is 2.76 bits per heavy atom. The molecule has 0 amide bonds. The fourth-order valence-electron chi connectivity index (χ4n) is 1.81. The molecule has 0 atom stereocenters. The highest BCUT2D eigenvalue weighted by Crippen LogP contribution is 2.15. The van der Waals surface area contributed by atoms with Crippen LogP contribution in [-0.4, -0.2) is 11.5 Å². The highest BCUT2D eigenvalue weighted by Gasteiger charge is 2.04. The lowest BCUT2D eigenvalue weighted by Crippen LogP contribution is -2.15. The quantitative estimate of drug-likeness (QED) is 0.792. The molecule has 3 heteroatoms. The van der Waals surface area contributed by atoms with Crippen LogP contribution in [0.5, 0.6) is 0 Å². The largest absolute Gasteiger partial charge is 0.313 e. The van der Waals surface area contributed by atoms with Crippen LogP contribution in [0.1, 0.15) is 29.5 Å². The number of aromatic nitrogens is 1. The van der Waals surface area contributed by atoms with Crippen LogP contribution < -0.4 is 5.32 Å². The number of nitrogens with zero attached hydrogens (tertiary/aromatic N) is 1. The number of hydrogen-bond acceptors (Lipinski definition) is 3. The van der Waals surface area contributed by atoms with Crippen LogP contribution in [0.3, 0.4) is 0 Å². The summed E-state index contributed by atoms with van der Waals surface area (Å²) in [6, 6.07) is 8.61. The lowest BCUT2D eigenvalue weighted by Gasteiger charge is -2.09. The standard InChI is InChI=1S/C14H18N2S/c1-2-7-15-11-13-6-4-3-5-12(13)10-14-16-8-9-17-14/h3-6,8-9,15H,2,7,10-11H2,1H3. The first kappa shape index (κ1) is 12.3. The number of rotatable bonds is 6. The Kier molecular flexibility index (Phi) is 4.71. The van der Waals surface area contributed by atoms with E-state index in [0.29, 0.717) is 0 Å². The topological polar surface area (TPSA) is 24.9 Å². The Balaban J connectivity index is 2.05. The van der Waals surface area contributed by atoms with Crippen molar-refractivity contribution in [2.75, 3.05) is 6.54 Å². The minimum atomic E-state index is 0.946. The van der Waals surface area contributed by atoms with Crippen molar-refractivity contribution in [3.63, 3.8) is 0 Å². The van der Waals surface area contributed by atoms with Crippen molar-refractivity contribution < 1.29 is 0 Å². The van der Waals surface area contributed by atoms with E-state index in [1.54, 1.807) is 11.3 Å². The maximum Gasteiger partial charge on any atom is 0.0968 e. The Morgan fingerprint density at radius 2 is 2.06 bits per heavy atom. The van der Waals surface area contributed by atoms with Gasteiger partial charge in [-0.1, -0.05) is 31.2 Å². The van der Waals surface area contributed by atoms with Gasteiger partial charge < -0.3 is 5.32 Å². The molecule has 1 aromatic heterocycles. The zero-order valence-electron chi connectivity index (χ0n) is 10.1. The summed E-state index contributed by atoms with van der Waals surface area (Å²) in [5.74, 6) is 0. The summed E-state index contributed by atoms with van der Waals surface area (Å²) >= 11 is 1.72. The first-order valence-corrected chi connectivity index (χ1v) is 6.94. The van der Waals surface area contributed by atoms with Crippen molar-refractivity contribution in [1.82, 2.24) is 10.3 Å². The molecule has 17 heavy (non-hydrogen) atoms. The van der Waals surface area contributed by atoms with Gasteiger partial charge in [0.25, 0.3) is 0 Å². The van der Waals surface area contributed by atoms with Crippen molar-refractivity contribution >= 4 is 11.3 Å². The lowest BCUT2D eigenvalue weighted by molar-refractivity contribution is 0.672. The lowest BCUT2D eigenvalue weighted by atomic mass is 10.0. The van der Waals surface area contributed by atoms with E-state index < -0.39 is 0 Å². The molecule has 0 aliphatic carbocycles. The van der Waals surface area contributed by atoms with Crippen LogP contribution in [-0.2, 0) is 13.0 Å². The Bertz CT molecular complexity index is 437. The minimum absolute atomic E-state index is 0.946. The van der Waals surface area contributed by atoms with Crippen LogP contribution in [0.15, 0.2) is 35.8 Å². The molecule has 2 aromatic rings. The minimum Gasteiger partial charge on any atom is -0.313 e. The summed E-state index contributed by atoms with van der Waals surface area (Å²) in [6.07, 6.45) is 3.99. The van der Waals surface area contributed by atoms with E-state index in [9.17, 15) is 0 Å². The van der Waals surface area contributed by atoms with Gasteiger partial charge in [-0.3, -0.25) is 0 Å². The second-order valence-electron chi connectivity index (χ2n) is 4.05. The first-order valence-electron chi connectivity index (χ1n) is 6.06. The van der Waals surface area contributed by atoms with Crippen molar-refractivity contribution in [1.29, 1.82) is 0 Å². The third-order valence-corrected chi connectivity index (χ3v) is 3.47. The molecule has 0 aliphatic heterocycles. The second-order valence-corrected chi connectivity index (χ2v) is 5.03. The molecule has 0 spiro atoms. The van der Waals surface area contributed by atoms with E-state index in [1.807, 2.05) is 11.6 Å². The molecule has 1 aromatic carbocycles. The van der Waals surface area contributed by atoms with Crippen LogP contribution in [0, 0.1) is 0 Å². The number of hydrogen-bond donors (Lipinski definition) is 1. The fraction of sp³-hybridized carbons (Fsp3) is 0.357. The summed E-state index contributed by atoms with van der Waals surface area (Å²) in [5.41, 5.74) is 2.77. The van der Waals surface area contributed by atoms with E-state index in [0.717, 1.165) is 19.5 Å². The average Bonchev–Trinajstić information content (AvgIpc) is 2.84. The molecule has 0 aliphatic rings. The maximum atomic E-state index is 4.35. The number of nitrogens with one attached hydrogen (secondary N) is 1. The Hall–Kier alpha value is -1.19. The highest BCUT2D eigenvalue weighted by molar-refractivity contribution is 7.09. The van der Waals surface area contributed by atoms with E-state index in [4.69, 9.17) is 0 Å². The maximum absolute atomic E-state index is 4.35. The molecule has 1 heterocycles. The van der Waals surface area contributed by atoms with Gasteiger partial charge in [0.15, 0.2) is 0 Å². The Labute approximate surface area is 107 Å². The van der Waals surface area contributed by atoms with Gasteiger partial charge in [-0.2, -0.15) is 0 Å². The monoisotopic (exact) mass is 246 g/mol. The van der Waals surface area contributed by atoms with Crippen molar-refractivity contribution in [2.24, 2.45) is 0 Å². The number of thiazole rings is 1. The van der Waals surface area contributed by atoms with Crippen LogP contribution >= 0.6 is 11.3 Å². The van der Waals surface area contributed by atoms with E-state index in [-0.39, 0.29) is 0 Å². The fourth-order valence-corrected chi connectivity index (χ4v) is 2.44. The van der Waals surface area contributed by atoms with Crippen LogP contribution in [0.25, 0.3) is 0 Å². The normalized spacial score (nSPS) is 10.6. The van der Waals surface area contributed by atoms with Crippen LogP contribution in [0.4, 0.5) is 0 Å². The predicted octanol–water partition coefficient (Wildman–Crippen LogP) is 3.23. The zero-order valence-corrected chi connectivity index (χ0v) is 11.0. The SMILES string of the molecule is CCCNCc1ccccc1Cc1nccs1. The number of benzene rings is 1. The second kappa shape index (κ2) is 6.52. The molecule has 1 N–H and O–H groups in total. The van der Waals surface area contributed by atoms with Crippen molar-refractivity contribution in [3.8, 4) is 0 Å². The zero-order chi connectivity index (χ0) is 11.9. The van der Waals surface area contributed by atoms with Gasteiger partial charge in [-0.05, 0) is 24.1 Å². The molecule has 0 saturated carbocycles. The summed E-state index contributed by atoms with van der Waals surface area (Å²) in [6.45, 7) is 4.22. The van der Waals surface area contributed by atoms with Gasteiger partial charge in [-0.25, -0.2) is 4.98 Å². The van der Waals surface area contributed by atoms with Gasteiger partial charge in [0.05, 0.1) is 5.01 Å². The molecular weight excluding hydrogens is 228 g/mol. The molecular formula is C14H18N2S. The molecule has 0 radical (unpaired) electrons. The molecule has 0 saturated heterocycles. The Morgan fingerprint density at radius 1 is 1.24 bits per heavy atom. The smallest absolute Gasteiger partial charge is 0.0968 e. The highest BCUT2D eigenvalue weighted by atomic mass is 32.1. The van der Waals surface area contributed by atoms with Crippen LogP contribution in [0.2, 0.25) is 0 Å². The molecule has 2 nitrogen and oxygen atoms in total. The van der Waals surface area contributed by atoms with Gasteiger partial charge in [-0.15, -0.1) is 11.3 Å². The average molecular weight is 246 g/mol. The van der Waals surface area contributed by atoms with Gasteiger partial charge in [0.1, 0.15) is 0 Å². The van der Waals surface area contributed by atoms with Gasteiger partial charge >= 0.3 is 0 Å². The van der Waals surface area contributed by atoms with E-state index >= 15 is 0 Å². The first-order chi connectivity index (χ1) is 8.40. The van der Waals surface area contributed by atoms with E-state index in [1.165, 1.54) is 22.6 Å². The summed E-state index contributed by atoms with van der Waals surface area (Å²) < 4.78 is 0.